The smallest absolute Gasteiger partial charge is 0.180 e. The van der Waals surface area contributed by atoms with E-state index in [1.807, 2.05) is 0 Å². The van der Waals surface area contributed by atoms with Crippen LogP contribution >= 0.6 is 0 Å². The molecule has 1 aliphatic heterocycles. The second kappa shape index (κ2) is 6.04. The minimum Gasteiger partial charge on any atom is -0.497 e. The zero-order chi connectivity index (χ0) is 13.8. The molecular weight excluding hydrogens is 246 g/mol. The number of carbonyl (C=O) groups excluding carboxylic acids is 1. The van der Waals surface area contributed by atoms with E-state index in [2.05, 4.69) is 5.32 Å². The summed E-state index contributed by atoms with van der Waals surface area (Å²) in [5.74, 6) is 1.27. The maximum atomic E-state index is 12.4. The van der Waals surface area contributed by atoms with Gasteiger partial charge in [0.1, 0.15) is 11.5 Å². The van der Waals surface area contributed by atoms with Crippen molar-refractivity contribution in [3.63, 3.8) is 0 Å². The summed E-state index contributed by atoms with van der Waals surface area (Å²) in [5.41, 5.74) is 0.588. The third-order valence-corrected chi connectivity index (χ3v) is 3.38. The summed E-state index contributed by atoms with van der Waals surface area (Å²) in [6.07, 6.45) is 0.788. The lowest BCUT2D eigenvalue weighted by atomic mass is 10.0. The largest absolute Gasteiger partial charge is 0.497 e. The highest BCUT2D eigenvalue weighted by molar-refractivity contribution is 6.01. The first-order valence-corrected chi connectivity index (χ1v) is 6.21. The molecule has 1 aromatic carbocycles. The molecule has 104 valence electrons. The molecule has 1 aliphatic rings. The summed E-state index contributed by atoms with van der Waals surface area (Å²) in [7, 11) is 4.80. The Morgan fingerprint density at radius 2 is 1.79 bits per heavy atom. The molecule has 2 rings (SSSR count). The van der Waals surface area contributed by atoms with Crippen molar-refractivity contribution in [2.24, 2.45) is 0 Å². The molecular formula is C14H19NO4. The summed E-state index contributed by atoms with van der Waals surface area (Å²) in [5, 5.41) is 3.17. The first-order valence-electron chi connectivity index (χ1n) is 6.21. The van der Waals surface area contributed by atoms with Crippen molar-refractivity contribution in [3.05, 3.63) is 23.8 Å². The normalized spacial score (nSPS) is 22.3. The monoisotopic (exact) mass is 265 g/mol. The minimum absolute atomic E-state index is 0.0387. The molecule has 2 unspecified atom stereocenters. The van der Waals surface area contributed by atoms with Gasteiger partial charge in [0, 0.05) is 25.3 Å². The van der Waals surface area contributed by atoms with Gasteiger partial charge in [0.25, 0.3) is 0 Å². The standard InChI is InChI=1S/C14H19NO4/c1-17-10-4-9(5-11(6-10)18-2)14(16)13-7-12(19-3)8-15-13/h4-6,12-13,15H,7-8H2,1-3H3. The molecule has 1 heterocycles. The molecule has 19 heavy (non-hydrogen) atoms. The van der Waals surface area contributed by atoms with Crippen LogP contribution in [0.25, 0.3) is 0 Å². The Morgan fingerprint density at radius 1 is 1.16 bits per heavy atom. The van der Waals surface area contributed by atoms with Gasteiger partial charge in [0.2, 0.25) is 0 Å². The van der Waals surface area contributed by atoms with Crippen LogP contribution in [0, 0.1) is 0 Å². The van der Waals surface area contributed by atoms with Crippen LogP contribution < -0.4 is 14.8 Å². The zero-order valence-electron chi connectivity index (χ0n) is 11.4. The van der Waals surface area contributed by atoms with Gasteiger partial charge in [-0.25, -0.2) is 0 Å². The minimum atomic E-state index is -0.207. The summed E-state index contributed by atoms with van der Waals surface area (Å²) >= 11 is 0. The fourth-order valence-corrected chi connectivity index (χ4v) is 2.23. The summed E-state index contributed by atoms with van der Waals surface area (Å²) in [4.78, 5) is 12.4. The van der Waals surface area contributed by atoms with Gasteiger partial charge in [0.15, 0.2) is 5.78 Å². The van der Waals surface area contributed by atoms with E-state index in [1.165, 1.54) is 0 Å². The number of Topliss-reactive ketones (excluding diaryl/α,β-unsaturated/α-hetero) is 1. The van der Waals surface area contributed by atoms with Gasteiger partial charge >= 0.3 is 0 Å². The lowest BCUT2D eigenvalue weighted by molar-refractivity contribution is 0.0918. The predicted octanol–water partition coefficient (Wildman–Crippen LogP) is 1.26. The summed E-state index contributed by atoms with van der Waals surface area (Å²) < 4.78 is 15.6. The number of hydrogen-bond donors (Lipinski definition) is 1. The Balaban J connectivity index is 2.19. The van der Waals surface area contributed by atoms with Crippen molar-refractivity contribution in [3.8, 4) is 11.5 Å². The van der Waals surface area contributed by atoms with Gasteiger partial charge in [-0.05, 0) is 18.6 Å². The SMILES string of the molecule is COc1cc(OC)cc(C(=O)C2CC(OC)CN2)c1. The Hall–Kier alpha value is -1.59. The van der Waals surface area contributed by atoms with E-state index in [0.717, 1.165) is 0 Å². The third-order valence-electron chi connectivity index (χ3n) is 3.38. The Morgan fingerprint density at radius 3 is 2.26 bits per heavy atom. The van der Waals surface area contributed by atoms with E-state index in [0.29, 0.717) is 30.0 Å². The Kier molecular flexibility index (Phi) is 4.39. The van der Waals surface area contributed by atoms with Gasteiger partial charge in [-0.3, -0.25) is 4.79 Å². The first-order chi connectivity index (χ1) is 9.17. The van der Waals surface area contributed by atoms with Crippen LogP contribution in [0.2, 0.25) is 0 Å². The fourth-order valence-electron chi connectivity index (χ4n) is 2.23. The van der Waals surface area contributed by atoms with Crippen molar-refractivity contribution >= 4 is 5.78 Å². The number of carbonyl (C=O) groups is 1. The van der Waals surface area contributed by atoms with Crippen LogP contribution in [-0.4, -0.2) is 45.8 Å². The number of benzene rings is 1. The average molecular weight is 265 g/mol. The highest BCUT2D eigenvalue weighted by Gasteiger charge is 2.30. The molecule has 5 heteroatoms. The number of ketones is 1. The Labute approximate surface area is 112 Å². The lowest BCUT2D eigenvalue weighted by Crippen LogP contribution is -2.30. The second-order valence-corrected chi connectivity index (χ2v) is 4.52. The number of rotatable bonds is 5. The van der Waals surface area contributed by atoms with Crippen LogP contribution in [0.4, 0.5) is 0 Å². The van der Waals surface area contributed by atoms with E-state index in [1.54, 1.807) is 39.5 Å². The van der Waals surface area contributed by atoms with E-state index in [9.17, 15) is 4.79 Å². The number of nitrogens with one attached hydrogen (secondary N) is 1. The average Bonchev–Trinajstić information content (AvgIpc) is 2.94. The molecule has 2 atom stereocenters. The molecule has 1 fully saturated rings. The van der Waals surface area contributed by atoms with Crippen molar-refractivity contribution in [2.45, 2.75) is 18.6 Å². The molecule has 1 aromatic rings. The van der Waals surface area contributed by atoms with Crippen LogP contribution in [0.1, 0.15) is 16.8 Å². The van der Waals surface area contributed by atoms with E-state index < -0.39 is 0 Å². The maximum Gasteiger partial charge on any atom is 0.180 e. The molecule has 0 aliphatic carbocycles. The van der Waals surface area contributed by atoms with Gasteiger partial charge < -0.3 is 19.5 Å². The van der Waals surface area contributed by atoms with Crippen LogP contribution in [0.3, 0.4) is 0 Å². The molecule has 1 N–H and O–H groups in total. The van der Waals surface area contributed by atoms with E-state index in [4.69, 9.17) is 14.2 Å². The van der Waals surface area contributed by atoms with Gasteiger partial charge in [-0.1, -0.05) is 0 Å². The second-order valence-electron chi connectivity index (χ2n) is 4.52. The molecule has 0 spiro atoms. The fraction of sp³-hybridized carbons (Fsp3) is 0.500. The third kappa shape index (κ3) is 3.05. The lowest BCUT2D eigenvalue weighted by Gasteiger charge is -2.12. The molecule has 0 bridgehead atoms. The number of hydrogen-bond acceptors (Lipinski definition) is 5. The highest BCUT2D eigenvalue weighted by Crippen LogP contribution is 2.24. The van der Waals surface area contributed by atoms with E-state index >= 15 is 0 Å². The van der Waals surface area contributed by atoms with Crippen molar-refractivity contribution in [1.29, 1.82) is 0 Å². The van der Waals surface area contributed by atoms with Crippen LogP contribution in [-0.2, 0) is 4.74 Å². The molecule has 0 aromatic heterocycles. The van der Waals surface area contributed by atoms with Crippen LogP contribution in [0.5, 0.6) is 11.5 Å². The molecule has 1 saturated heterocycles. The topological polar surface area (TPSA) is 56.8 Å². The maximum absolute atomic E-state index is 12.4. The molecule has 0 radical (unpaired) electrons. The predicted molar refractivity (Wildman–Crippen MR) is 71.1 cm³/mol. The van der Waals surface area contributed by atoms with Gasteiger partial charge in [-0.2, -0.15) is 0 Å². The molecule has 5 nitrogen and oxygen atoms in total. The number of ether oxygens (including phenoxy) is 3. The van der Waals surface area contributed by atoms with Gasteiger partial charge in [0.05, 0.1) is 26.4 Å². The van der Waals surface area contributed by atoms with Crippen LogP contribution in [0.15, 0.2) is 18.2 Å². The number of methoxy groups -OCH3 is 3. The quantitative estimate of drug-likeness (QED) is 0.812. The zero-order valence-corrected chi connectivity index (χ0v) is 11.4. The molecule has 0 saturated carbocycles. The van der Waals surface area contributed by atoms with Crippen molar-refractivity contribution < 1.29 is 19.0 Å². The van der Waals surface area contributed by atoms with E-state index in [-0.39, 0.29) is 17.9 Å². The van der Waals surface area contributed by atoms with Gasteiger partial charge in [-0.15, -0.1) is 0 Å². The highest BCUT2D eigenvalue weighted by atomic mass is 16.5. The Bertz CT molecular complexity index is 439. The van der Waals surface area contributed by atoms with Crippen molar-refractivity contribution in [2.75, 3.05) is 27.9 Å². The molecule has 0 amide bonds. The summed E-state index contributed by atoms with van der Waals surface area (Å²) in [6.45, 7) is 0.702. The summed E-state index contributed by atoms with van der Waals surface area (Å²) in [6, 6.07) is 5.00. The van der Waals surface area contributed by atoms with Crippen molar-refractivity contribution in [1.82, 2.24) is 5.32 Å². The first kappa shape index (κ1) is 13.8.